The monoisotopic (exact) mass is 301 g/mol. The van der Waals surface area contributed by atoms with E-state index in [9.17, 15) is 4.79 Å². The van der Waals surface area contributed by atoms with Crippen molar-refractivity contribution < 1.29 is 14.1 Å². The molecule has 22 heavy (non-hydrogen) atoms. The van der Waals surface area contributed by atoms with E-state index in [1.165, 1.54) is 0 Å². The largest absolute Gasteiger partial charge is 0.494 e. The molecule has 0 saturated carbocycles. The molecule has 1 aromatic carbocycles. The van der Waals surface area contributed by atoms with Gasteiger partial charge in [-0.05, 0) is 59.1 Å². The van der Waals surface area contributed by atoms with Crippen LogP contribution in [0.2, 0.25) is 0 Å². The zero-order valence-electron chi connectivity index (χ0n) is 14.2. The number of benzene rings is 1. The standard InChI is InChI=1S/C17H24BNO3/c1-7-12(2)19-15(20)13-9-8-10-14(11-13)18-21-16(3,4)17(5,6)22-18/h7-11H,1-6H3,(H,19,20). The second kappa shape index (κ2) is 5.90. The molecule has 1 aliphatic rings. The van der Waals surface area contributed by atoms with E-state index in [1.807, 2.05) is 65.8 Å². The Labute approximate surface area is 133 Å². The van der Waals surface area contributed by atoms with E-state index in [0.717, 1.165) is 11.2 Å². The van der Waals surface area contributed by atoms with Gasteiger partial charge in [0.25, 0.3) is 5.91 Å². The van der Waals surface area contributed by atoms with Crippen molar-refractivity contribution in [1.29, 1.82) is 0 Å². The predicted molar refractivity (Wildman–Crippen MR) is 89.1 cm³/mol. The van der Waals surface area contributed by atoms with Gasteiger partial charge in [-0.1, -0.05) is 18.2 Å². The van der Waals surface area contributed by atoms with Crippen molar-refractivity contribution in [2.45, 2.75) is 52.7 Å². The lowest BCUT2D eigenvalue weighted by Gasteiger charge is -2.32. The smallest absolute Gasteiger partial charge is 0.399 e. The third-order valence-electron chi connectivity index (χ3n) is 4.42. The maximum atomic E-state index is 12.2. The zero-order valence-corrected chi connectivity index (χ0v) is 14.2. The molecule has 118 valence electrons. The average molecular weight is 301 g/mol. The fourth-order valence-corrected chi connectivity index (χ4v) is 2.13. The molecule has 0 atom stereocenters. The predicted octanol–water partition coefficient (Wildman–Crippen LogP) is 2.64. The molecule has 4 nitrogen and oxygen atoms in total. The summed E-state index contributed by atoms with van der Waals surface area (Å²) in [6.07, 6.45) is 1.86. The van der Waals surface area contributed by atoms with Crippen LogP contribution >= 0.6 is 0 Å². The van der Waals surface area contributed by atoms with Gasteiger partial charge in [0.2, 0.25) is 0 Å². The Bertz CT molecular complexity index is 592. The summed E-state index contributed by atoms with van der Waals surface area (Å²) in [5.74, 6) is -0.131. The number of carbonyl (C=O) groups excluding carboxylic acids is 1. The summed E-state index contributed by atoms with van der Waals surface area (Å²) in [6.45, 7) is 11.8. The highest BCUT2D eigenvalue weighted by atomic mass is 16.7. The minimum absolute atomic E-state index is 0.131. The zero-order chi connectivity index (χ0) is 16.5. The SMILES string of the molecule is CC=C(C)NC(=O)c1cccc(B2OC(C)(C)C(C)(C)O2)c1. The van der Waals surface area contributed by atoms with Gasteiger partial charge in [0, 0.05) is 11.3 Å². The van der Waals surface area contributed by atoms with Gasteiger partial charge in [-0.15, -0.1) is 0 Å². The van der Waals surface area contributed by atoms with Crippen LogP contribution in [-0.2, 0) is 9.31 Å². The molecule has 5 heteroatoms. The topological polar surface area (TPSA) is 47.6 Å². The Morgan fingerprint density at radius 3 is 2.32 bits per heavy atom. The van der Waals surface area contributed by atoms with E-state index in [1.54, 1.807) is 6.07 Å². The molecule has 1 aromatic rings. The van der Waals surface area contributed by atoms with Crippen molar-refractivity contribution in [3.8, 4) is 0 Å². The normalized spacial score (nSPS) is 20.1. The van der Waals surface area contributed by atoms with Crippen molar-refractivity contribution in [1.82, 2.24) is 5.32 Å². The van der Waals surface area contributed by atoms with Crippen LogP contribution in [-0.4, -0.2) is 24.2 Å². The van der Waals surface area contributed by atoms with Crippen LogP contribution in [0.1, 0.15) is 51.9 Å². The molecule has 1 heterocycles. The molecular formula is C17H24BNO3. The molecule has 0 radical (unpaired) electrons. The van der Waals surface area contributed by atoms with Crippen molar-refractivity contribution >= 4 is 18.5 Å². The third kappa shape index (κ3) is 3.26. The maximum Gasteiger partial charge on any atom is 0.494 e. The van der Waals surface area contributed by atoms with Crippen LogP contribution in [0.3, 0.4) is 0 Å². The molecule has 1 fully saturated rings. The first kappa shape index (κ1) is 16.8. The highest BCUT2D eigenvalue weighted by Crippen LogP contribution is 2.36. The summed E-state index contributed by atoms with van der Waals surface area (Å²) in [5, 5.41) is 2.84. The van der Waals surface area contributed by atoms with E-state index < -0.39 is 18.3 Å². The van der Waals surface area contributed by atoms with Crippen LogP contribution in [0, 0.1) is 0 Å². The molecule has 2 rings (SSSR count). The first-order valence-electron chi connectivity index (χ1n) is 7.56. The molecule has 0 aliphatic carbocycles. The number of rotatable bonds is 3. The number of nitrogens with one attached hydrogen (secondary N) is 1. The number of hydrogen-bond acceptors (Lipinski definition) is 3. The summed E-state index contributed by atoms with van der Waals surface area (Å²) >= 11 is 0. The number of hydrogen-bond donors (Lipinski definition) is 1. The van der Waals surface area contributed by atoms with Gasteiger partial charge in [0.15, 0.2) is 0 Å². The summed E-state index contributed by atoms with van der Waals surface area (Å²) in [4.78, 5) is 12.2. The van der Waals surface area contributed by atoms with Crippen molar-refractivity contribution in [2.75, 3.05) is 0 Å². The quantitative estimate of drug-likeness (QED) is 0.873. The maximum absolute atomic E-state index is 12.2. The Morgan fingerprint density at radius 2 is 1.77 bits per heavy atom. The van der Waals surface area contributed by atoms with E-state index in [0.29, 0.717) is 5.56 Å². The van der Waals surface area contributed by atoms with Crippen LogP contribution in [0.25, 0.3) is 0 Å². The minimum atomic E-state index is -0.458. The number of allylic oxidation sites excluding steroid dienone is 2. The molecule has 0 bridgehead atoms. The van der Waals surface area contributed by atoms with E-state index >= 15 is 0 Å². The molecule has 0 aromatic heterocycles. The fraction of sp³-hybridized carbons (Fsp3) is 0.471. The van der Waals surface area contributed by atoms with Crippen LogP contribution in [0.15, 0.2) is 36.0 Å². The molecular weight excluding hydrogens is 277 g/mol. The van der Waals surface area contributed by atoms with E-state index in [4.69, 9.17) is 9.31 Å². The molecule has 1 saturated heterocycles. The number of carbonyl (C=O) groups is 1. The first-order valence-corrected chi connectivity index (χ1v) is 7.56. The molecule has 0 spiro atoms. The highest BCUT2D eigenvalue weighted by molar-refractivity contribution is 6.62. The minimum Gasteiger partial charge on any atom is -0.399 e. The second-order valence-corrected chi connectivity index (χ2v) is 6.64. The lowest BCUT2D eigenvalue weighted by Crippen LogP contribution is -2.41. The van der Waals surface area contributed by atoms with Crippen molar-refractivity contribution in [3.05, 3.63) is 41.6 Å². The van der Waals surface area contributed by atoms with Gasteiger partial charge in [-0.3, -0.25) is 4.79 Å². The Balaban J connectivity index is 2.21. The summed E-state index contributed by atoms with van der Waals surface area (Å²) in [7, 11) is -0.458. The first-order chi connectivity index (χ1) is 10.2. The van der Waals surface area contributed by atoms with Gasteiger partial charge in [-0.25, -0.2) is 0 Å². The lowest BCUT2D eigenvalue weighted by atomic mass is 9.78. The molecule has 1 amide bonds. The fourth-order valence-electron chi connectivity index (χ4n) is 2.13. The van der Waals surface area contributed by atoms with Gasteiger partial charge >= 0.3 is 7.12 Å². The highest BCUT2D eigenvalue weighted by Gasteiger charge is 2.51. The number of amides is 1. The third-order valence-corrected chi connectivity index (χ3v) is 4.42. The summed E-state index contributed by atoms with van der Waals surface area (Å²) in [6, 6.07) is 7.37. The van der Waals surface area contributed by atoms with Crippen molar-refractivity contribution in [3.63, 3.8) is 0 Å². The van der Waals surface area contributed by atoms with Gasteiger partial charge in [0.1, 0.15) is 0 Å². The molecule has 0 unspecified atom stereocenters. The average Bonchev–Trinajstić information content (AvgIpc) is 2.67. The van der Waals surface area contributed by atoms with Gasteiger partial charge < -0.3 is 14.6 Å². The van der Waals surface area contributed by atoms with Gasteiger partial charge in [0.05, 0.1) is 11.2 Å². The van der Waals surface area contributed by atoms with E-state index in [-0.39, 0.29) is 5.91 Å². The molecule has 1 aliphatic heterocycles. The van der Waals surface area contributed by atoms with Gasteiger partial charge in [-0.2, -0.15) is 0 Å². The van der Waals surface area contributed by atoms with Crippen LogP contribution < -0.4 is 10.8 Å². The Kier molecular flexibility index (Phi) is 4.50. The second-order valence-electron chi connectivity index (χ2n) is 6.64. The lowest BCUT2D eigenvalue weighted by molar-refractivity contribution is 0.00578. The summed E-state index contributed by atoms with van der Waals surface area (Å²) < 4.78 is 12.0. The van der Waals surface area contributed by atoms with Crippen molar-refractivity contribution in [2.24, 2.45) is 0 Å². The van der Waals surface area contributed by atoms with E-state index in [2.05, 4.69) is 5.32 Å². The van der Waals surface area contributed by atoms with Crippen LogP contribution in [0.4, 0.5) is 0 Å². The summed E-state index contributed by atoms with van der Waals surface area (Å²) in [5.41, 5.74) is 1.48. The Morgan fingerprint density at radius 1 is 1.18 bits per heavy atom. The molecule has 1 N–H and O–H groups in total. The van der Waals surface area contributed by atoms with Crippen LogP contribution in [0.5, 0.6) is 0 Å². The Hall–Kier alpha value is -1.59.